The first-order valence-corrected chi connectivity index (χ1v) is 13.1. The predicted octanol–water partition coefficient (Wildman–Crippen LogP) is 4.80. The molecule has 5 rings (SSSR count). The van der Waals surface area contributed by atoms with Crippen molar-refractivity contribution in [2.45, 2.75) is 25.7 Å². The zero-order valence-electron chi connectivity index (χ0n) is 21.6. The summed E-state index contributed by atoms with van der Waals surface area (Å²) in [5, 5.41) is 0.825. The molecule has 3 amide bonds. The Bertz CT molecular complexity index is 1550. The maximum atomic E-state index is 14.5. The number of methoxy groups -OCH3 is 2. The number of ether oxygens (including phenoxy) is 2. The van der Waals surface area contributed by atoms with Gasteiger partial charge in [-0.05, 0) is 61.0 Å². The van der Waals surface area contributed by atoms with E-state index in [0.717, 1.165) is 42.2 Å². The summed E-state index contributed by atoms with van der Waals surface area (Å²) in [4.78, 5) is 46.9. The number of hydrogen-bond donors (Lipinski definition) is 0. The number of amides is 3. The van der Waals surface area contributed by atoms with Crippen molar-refractivity contribution < 1.29 is 28.2 Å². The van der Waals surface area contributed by atoms with Crippen LogP contribution in [-0.2, 0) is 19.1 Å². The predicted molar refractivity (Wildman–Crippen MR) is 146 cm³/mol. The second-order valence-corrected chi connectivity index (χ2v) is 10.2. The summed E-state index contributed by atoms with van der Waals surface area (Å²) >= 11 is 1.56. The van der Waals surface area contributed by atoms with Gasteiger partial charge >= 0.3 is 0 Å². The summed E-state index contributed by atoms with van der Waals surface area (Å²) in [7, 11) is 2.78. The number of aromatic nitrogens is 1. The topological polar surface area (TPSA) is 89.0 Å². The Morgan fingerprint density at radius 1 is 1.10 bits per heavy atom. The van der Waals surface area contributed by atoms with Gasteiger partial charge in [0.15, 0.2) is 6.29 Å². The van der Waals surface area contributed by atoms with E-state index in [1.165, 1.54) is 32.4 Å². The Morgan fingerprint density at radius 2 is 1.82 bits per heavy atom. The first kappa shape index (κ1) is 26.6. The Kier molecular flexibility index (Phi) is 7.51. The van der Waals surface area contributed by atoms with Gasteiger partial charge in [0.2, 0.25) is 5.91 Å². The average Bonchev–Trinajstić information content (AvgIpc) is 3.49. The first-order chi connectivity index (χ1) is 18.8. The van der Waals surface area contributed by atoms with E-state index < -0.39 is 35.9 Å². The van der Waals surface area contributed by atoms with Crippen molar-refractivity contribution in [3.05, 3.63) is 83.7 Å². The monoisotopic (exact) mass is 547 g/mol. The fourth-order valence-corrected chi connectivity index (χ4v) is 5.66. The molecule has 1 fully saturated rings. The van der Waals surface area contributed by atoms with Crippen molar-refractivity contribution in [3.8, 4) is 10.6 Å². The molecule has 0 saturated carbocycles. The van der Waals surface area contributed by atoms with Gasteiger partial charge < -0.3 is 14.4 Å². The summed E-state index contributed by atoms with van der Waals surface area (Å²) < 4.78 is 26.0. The van der Waals surface area contributed by atoms with Crippen LogP contribution in [0.3, 0.4) is 0 Å². The van der Waals surface area contributed by atoms with Crippen LogP contribution in [-0.4, -0.2) is 60.7 Å². The number of thiazole rings is 1. The molecule has 1 aliphatic rings. The molecule has 4 aromatic rings. The van der Waals surface area contributed by atoms with Gasteiger partial charge in [0.05, 0.1) is 34.4 Å². The van der Waals surface area contributed by atoms with Gasteiger partial charge in [-0.15, -0.1) is 11.3 Å². The lowest BCUT2D eigenvalue weighted by Crippen LogP contribution is -2.49. The number of aryl methyl sites for hydroxylation is 1. The SMILES string of the molecule is COC(CN(C(=O)c1ccccc1F)C1CC(=O)N(c2ccc(-c3nc4ccc(C)cc4s3)cc2)C1=O)OC. The molecule has 0 spiro atoms. The van der Waals surface area contributed by atoms with Crippen LogP contribution in [0.5, 0.6) is 0 Å². The number of carbonyl (C=O) groups excluding carboxylic acids is 3. The lowest BCUT2D eigenvalue weighted by molar-refractivity contribution is -0.128. The first-order valence-electron chi connectivity index (χ1n) is 12.3. The highest BCUT2D eigenvalue weighted by Gasteiger charge is 2.45. The molecular weight excluding hydrogens is 521 g/mol. The molecule has 0 bridgehead atoms. The molecule has 8 nitrogen and oxygen atoms in total. The molecule has 1 aromatic heterocycles. The standard InChI is InChI=1S/C29H26FN3O5S/c1-17-8-13-22-24(14-17)39-27(31-22)18-9-11-19(12-10-18)33-25(34)15-23(29(33)36)32(16-26(37-2)38-3)28(35)20-6-4-5-7-21(20)30/h4-14,23,26H,15-16H2,1-3H3. The van der Waals surface area contributed by atoms with E-state index in [-0.39, 0.29) is 18.5 Å². The van der Waals surface area contributed by atoms with Crippen molar-refractivity contribution in [1.29, 1.82) is 0 Å². The fourth-order valence-electron chi connectivity index (χ4n) is 4.59. The molecule has 1 atom stereocenters. The number of rotatable bonds is 8. The van der Waals surface area contributed by atoms with Crippen molar-refractivity contribution in [2.24, 2.45) is 0 Å². The Labute approximate surface area is 228 Å². The summed E-state index contributed by atoms with van der Waals surface area (Å²) in [5.74, 6) is -2.51. The van der Waals surface area contributed by atoms with E-state index in [1.54, 1.807) is 23.5 Å². The minimum atomic E-state index is -1.15. The van der Waals surface area contributed by atoms with Crippen LogP contribution >= 0.6 is 11.3 Å². The molecule has 0 N–H and O–H groups in total. The van der Waals surface area contributed by atoms with Crippen LogP contribution in [0.1, 0.15) is 22.3 Å². The lowest BCUT2D eigenvalue weighted by atomic mass is 10.1. The van der Waals surface area contributed by atoms with E-state index in [1.807, 2.05) is 31.2 Å². The highest BCUT2D eigenvalue weighted by atomic mass is 32.1. The quantitative estimate of drug-likeness (QED) is 0.233. The van der Waals surface area contributed by atoms with E-state index in [2.05, 4.69) is 11.1 Å². The van der Waals surface area contributed by atoms with Crippen molar-refractivity contribution in [2.75, 3.05) is 25.7 Å². The third-order valence-electron chi connectivity index (χ3n) is 6.65. The van der Waals surface area contributed by atoms with Crippen LogP contribution in [0.25, 0.3) is 20.8 Å². The van der Waals surface area contributed by atoms with Gasteiger partial charge in [-0.1, -0.05) is 18.2 Å². The Morgan fingerprint density at radius 3 is 2.51 bits per heavy atom. The lowest BCUT2D eigenvalue weighted by Gasteiger charge is -2.30. The molecule has 10 heteroatoms. The van der Waals surface area contributed by atoms with E-state index in [0.29, 0.717) is 5.69 Å². The van der Waals surface area contributed by atoms with Gasteiger partial charge in [0, 0.05) is 19.8 Å². The fraction of sp³-hybridized carbons (Fsp3) is 0.241. The van der Waals surface area contributed by atoms with Gasteiger partial charge in [-0.2, -0.15) is 0 Å². The van der Waals surface area contributed by atoms with E-state index >= 15 is 0 Å². The molecule has 2 heterocycles. The minimum Gasteiger partial charge on any atom is -0.354 e. The van der Waals surface area contributed by atoms with Crippen molar-refractivity contribution >= 4 is 45.0 Å². The third kappa shape index (κ3) is 5.18. The highest BCUT2D eigenvalue weighted by molar-refractivity contribution is 7.21. The zero-order chi connectivity index (χ0) is 27.7. The zero-order valence-corrected chi connectivity index (χ0v) is 22.4. The van der Waals surface area contributed by atoms with Crippen LogP contribution in [0.4, 0.5) is 10.1 Å². The summed E-state index contributed by atoms with van der Waals surface area (Å²) in [6.45, 7) is 1.86. The molecule has 200 valence electrons. The molecule has 1 aliphatic heterocycles. The number of imide groups is 1. The van der Waals surface area contributed by atoms with Gasteiger partial charge in [-0.25, -0.2) is 14.3 Å². The number of anilines is 1. The van der Waals surface area contributed by atoms with E-state index in [9.17, 15) is 18.8 Å². The van der Waals surface area contributed by atoms with Crippen LogP contribution in [0, 0.1) is 12.7 Å². The van der Waals surface area contributed by atoms with Crippen LogP contribution in [0.15, 0.2) is 66.7 Å². The highest BCUT2D eigenvalue weighted by Crippen LogP contribution is 2.33. The summed E-state index contributed by atoms with van der Waals surface area (Å²) in [5.41, 5.74) is 3.08. The molecule has 1 unspecified atom stereocenters. The molecule has 1 saturated heterocycles. The largest absolute Gasteiger partial charge is 0.354 e. The van der Waals surface area contributed by atoms with Gasteiger partial charge in [0.1, 0.15) is 16.9 Å². The number of fused-ring (bicyclic) bond motifs is 1. The number of halogens is 1. The number of carbonyl (C=O) groups is 3. The van der Waals surface area contributed by atoms with Gasteiger partial charge in [0.25, 0.3) is 11.8 Å². The number of hydrogen-bond acceptors (Lipinski definition) is 7. The Balaban J connectivity index is 1.42. The molecule has 0 aliphatic carbocycles. The Hall–Kier alpha value is -3.99. The normalized spacial score (nSPS) is 15.5. The summed E-state index contributed by atoms with van der Waals surface area (Å²) in [6.07, 6.45) is -1.13. The molecule has 3 aromatic carbocycles. The number of benzene rings is 3. The maximum absolute atomic E-state index is 14.5. The summed E-state index contributed by atoms with van der Waals surface area (Å²) in [6, 6.07) is 17.4. The average molecular weight is 548 g/mol. The molecular formula is C29H26FN3O5S. The smallest absolute Gasteiger partial charge is 0.257 e. The van der Waals surface area contributed by atoms with Crippen molar-refractivity contribution in [1.82, 2.24) is 9.88 Å². The van der Waals surface area contributed by atoms with Crippen LogP contribution < -0.4 is 4.90 Å². The third-order valence-corrected chi connectivity index (χ3v) is 7.72. The molecule has 39 heavy (non-hydrogen) atoms. The van der Waals surface area contributed by atoms with Crippen molar-refractivity contribution in [3.63, 3.8) is 0 Å². The number of nitrogens with zero attached hydrogens (tertiary/aromatic N) is 3. The second kappa shape index (κ2) is 11.0. The second-order valence-electron chi connectivity index (χ2n) is 9.16. The van der Waals surface area contributed by atoms with E-state index in [4.69, 9.17) is 9.47 Å². The van der Waals surface area contributed by atoms with Gasteiger partial charge in [-0.3, -0.25) is 14.4 Å². The minimum absolute atomic E-state index is 0.173. The molecule has 0 radical (unpaired) electrons. The van der Waals surface area contributed by atoms with Crippen LogP contribution in [0.2, 0.25) is 0 Å². The maximum Gasteiger partial charge on any atom is 0.257 e.